The number of anilines is 1. The van der Waals surface area contributed by atoms with Crippen molar-refractivity contribution < 1.29 is 32.2 Å². The van der Waals surface area contributed by atoms with E-state index in [0.29, 0.717) is 17.7 Å². The van der Waals surface area contributed by atoms with Crippen molar-refractivity contribution in [2.75, 3.05) is 12.0 Å². The average Bonchev–Trinajstić information content (AvgIpc) is 2.97. The van der Waals surface area contributed by atoms with Crippen LogP contribution in [-0.4, -0.2) is 31.1 Å². The van der Waals surface area contributed by atoms with Crippen LogP contribution in [-0.2, 0) is 22.3 Å². The molecular formula is C28H28BrF3N2O4. The fourth-order valence-corrected chi connectivity index (χ4v) is 4.82. The smallest absolute Gasteiger partial charge is 0.416 e. The summed E-state index contributed by atoms with van der Waals surface area (Å²) in [4.78, 5) is 28.0. The number of rotatable bonds is 6. The normalized spacial score (nSPS) is 18.4. The number of benzene rings is 3. The summed E-state index contributed by atoms with van der Waals surface area (Å²) in [6, 6.07) is 11.1. The van der Waals surface area contributed by atoms with E-state index >= 15 is 0 Å². The van der Waals surface area contributed by atoms with Gasteiger partial charge in [0.15, 0.2) is 0 Å². The Morgan fingerprint density at radius 3 is 2.58 bits per heavy atom. The predicted octanol–water partition coefficient (Wildman–Crippen LogP) is 6.47. The van der Waals surface area contributed by atoms with Crippen LogP contribution in [0.2, 0.25) is 0 Å². The van der Waals surface area contributed by atoms with Crippen LogP contribution in [0.5, 0.6) is 11.5 Å². The first kappa shape index (κ1) is 27.8. The first-order valence-corrected chi connectivity index (χ1v) is 13.0. The molecule has 0 saturated carbocycles. The number of methoxy groups -OCH3 is 1. The molecule has 0 unspecified atom stereocenters. The van der Waals surface area contributed by atoms with Crippen molar-refractivity contribution in [1.82, 2.24) is 5.32 Å². The van der Waals surface area contributed by atoms with E-state index in [4.69, 9.17) is 9.47 Å². The second-order valence-electron chi connectivity index (χ2n) is 9.34. The van der Waals surface area contributed by atoms with Crippen molar-refractivity contribution in [3.8, 4) is 11.5 Å². The third-order valence-electron chi connectivity index (χ3n) is 6.84. The van der Waals surface area contributed by atoms with E-state index in [-0.39, 0.29) is 29.8 Å². The van der Waals surface area contributed by atoms with Crippen LogP contribution in [0.25, 0.3) is 10.8 Å². The Morgan fingerprint density at radius 2 is 1.92 bits per heavy atom. The number of hydrogen-bond donors (Lipinski definition) is 1. The summed E-state index contributed by atoms with van der Waals surface area (Å²) < 4.78 is 53.5. The molecule has 1 aliphatic heterocycles. The first-order valence-electron chi connectivity index (χ1n) is 12.2. The molecule has 3 aromatic rings. The SMILES string of the molecule is CC[C@@H](C)C(=O)N[C@@H]1C(=O)N(Cc2c(OC)ccc3cc(Br)ccc23)c2cc(C(F)(F)F)ccc2O[C@H]1C. The average molecular weight is 593 g/mol. The molecule has 202 valence electrons. The zero-order chi connectivity index (χ0) is 27.8. The van der Waals surface area contributed by atoms with Crippen molar-refractivity contribution in [2.24, 2.45) is 5.92 Å². The maximum atomic E-state index is 14.0. The second-order valence-corrected chi connectivity index (χ2v) is 10.3. The van der Waals surface area contributed by atoms with Crippen molar-refractivity contribution >= 4 is 44.2 Å². The first-order chi connectivity index (χ1) is 17.9. The Labute approximate surface area is 227 Å². The highest BCUT2D eigenvalue weighted by Crippen LogP contribution is 2.41. The summed E-state index contributed by atoms with van der Waals surface area (Å²) in [5.41, 5.74) is -0.342. The molecule has 38 heavy (non-hydrogen) atoms. The molecule has 0 aromatic heterocycles. The highest BCUT2D eigenvalue weighted by atomic mass is 79.9. The highest BCUT2D eigenvalue weighted by molar-refractivity contribution is 9.10. The number of hydrogen-bond acceptors (Lipinski definition) is 4. The van der Waals surface area contributed by atoms with E-state index in [9.17, 15) is 22.8 Å². The molecule has 3 atom stereocenters. The number of nitrogens with one attached hydrogen (secondary N) is 1. The van der Waals surface area contributed by atoms with E-state index in [1.165, 1.54) is 18.1 Å². The van der Waals surface area contributed by atoms with Gasteiger partial charge in [-0.1, -0.05) is 41.9 Å². The molecule has 0 fully saturated rings. The molecule has 0 saturated heterocycles. The second kappa shape index (κ2) is 10.8. The van der Waals surface area contributed by atoms with Gasteiger partial charge in [-0.25, -0.2) is 0 Å². The summed E-state index contributed by atoms with van der Waals surface area (Å²) in [7, 11) is 1.49. The van der Waals surface area contributed by atoms with Gasteiger partial charge in [-0.3, -0.25) is 9.59 Å². The van der Waals surface area contributed by atoms with Gasteiger partial charge in [0.05, 0.1) is 24.9 Å². The quantitative estimate of drug-likeness (QED) is 0.356. The van der Waals surface area contributed by atoms with Crippen LogP contribution in [0.4, 0.5) is 18.9 Å². The summed E-state index contributed by atoms with van der Waals surface area (Å²) in [6.45, 7) is 5.09. The fourth-order valence-electron chi connectivity index (χ4n) is 4.44. The number of ether oxygens (including phenoxy) is 2. The molecule has 10 heteroatoms. The summed E-state index contributed by atoms with van der Waals surface area (Å²) >= 11 is 3.45. The van der Waals surface area contributed by atoms with Crippen LogP contribution in [0.3, 0.4) is 0 Å². The van der Waals surface area contributed by atoms with E-state index in [1.807, 2.05) is 31.2 Å². The lowest BCUT2D eigenvalue weighted by Crippen LogP contribution is -2.54. The van der Waals surface area contributed by atoms with E-state index in [0.717, 1.165) is 27.4 Å². The van der Waals surface area contributed by atoms with Crippen molar-refractivity contribution in [2.45, 2.75) is 52.1 Å². The van der Waals surface area contributed by atoms with Crippen LogP contribution < -0.4 is 19.7 Å². The third kappa shape index (κ3) is 5.45. The lowest BCUT2D eigenvalue weighted by atomic mass is 10.0. The van der Waals surface area contributed by atoms with Gasteiger partial charge in [-0.15, -0.1) is 0 Å². The minimum absolute atomic E-state index is 0.0341. The Kier molecular flexibility index (Phi) is 7.92. The minimum Gasteiger partial charge on any atom is -0.496 e. The van der Waals surface area contributed by atoms with E-state index < -0.39 is 29.8 Å². The number of fused-ring (bicyclic) bond motifs is 2. The molecule has 1 aliphatic rings. The van der Waals surface area contributed by atoms with Gasteiger partial charge >= 0.3 is 6.18 Å². The molecule has 1 N–H and O–H groups in total. The number of carbonyl (C=O) groups is 2. The Hall–Kier alpha value is -3.27. The maximum absolute atomic E-state index is 14.0. The molecule has 0 spiro atoms. The standard InChI is InChI=1S/C28H28BrF3N2O4/c1-5-15(2)26(35)33-25-16(3)38-24-11-7-18(28(30,31)32)13-22(24)34(27(25)36)14-21-20-9-8-19(29)12-17(20)6-10-23(21)37-4/h6-13,15-16,25H,5,14H2,1-4H3,(H,33,35)/t15-,16+,25+/m1/s1. The van der Waals surface area contributed by atoms with Gasteiger partial charge in [0.2, 0.25) is 5.91 Å². The Balaban J connectivity index is 1.88. The maximum Gasteiger partial charge on any atom is 0.416 e. The van der Waals surface area contributed by atoms with Crippen LogP contribution in [0.1, 0.15) is 38.3 Å². The highest BCUT2D eigenvalue weighted by Gasteiger charge is 2.40. The van der Waals surface area contributed by atoms with Crippen LogP contribution in [0.15, 0.2) is 53.0 Å². The monoisotopic (exact) mass is 592 g/mol. The van der Waals surface area contributed by atoms with Crippen molar-refractivity contribution in [1.29, 1.82) is 0 Å². The molecule has 1 heterocycles. The molecule has 3 aromatic carbocycles. The Bertz CT molecular complexity index is 1380. The molecular weight excluding hydrogens is 565 g/mol. The van der Waals surface area contributed by atoms with Crippen LogP contribution >= 0.6 is 15.9 Å². The summed E-state index contributed by atoms with van der Waals surface area (Å²) in [5.74, 6) is -0.692. The van der Waals surface area contributed by atoms with Gasteiger partial charge in [-0.05, 0) is 60.5 Å². The van der Waals surface area contributed by atoms with Crippen molar-refractivity contribution in [3.63, 3.8) is 0 Å². The molecule has 0 aliphatic carbocycles. The number of amides is 2. The molecule has 2 amide bonds. The molecule has 0 bridgehead atoms. The fraction of sp³-hybridized carbons (Fsp3) is 0.357. The third-order valence-corrected chi connectivity index (χ3v) is 7.33. The zero-order valence-corrected chi connectivity index (χ0v) is 22.9. The number of carbonyl (C=O) groups excluding carboxylic acids is 2. The van der Waals surface area contributed by atoms with Gasteiger partial charge in [0, 0.05) is 16.0 Å². The van der Waals surface area contributed by atoms with E-state index in [1.54, 1.807) is 19.9 Å². The zero-order valence-electron chi connectivity index (χ0n) is 21.4. The molecule has 6 nitrogen and oxygen atoms in total. The summed E-state index contributed by atoms with van der Waals surface area (Å²) in [5, 5.41) is 4.39. The molecule has 0 radical (unpaired) electrons. The van der Waals surface area contributed by atoms with Gasteiger partial charge in [0.1, 0.15) is 23.6 Å². The number of alkyl halides is 3. The van der Waals surface area contributed by atoms with Gasteiger partial charge in [-0.2, -0.15) is 13.2 Å². The van der Waals surface area contributed by atoms with Gasteiger partial charge < -0.3 is 19.7 Å². The lowest BCUT2D eigenvalue weighted by Gasteiger charge is -2.28. The van der Waals surface area contributed by atoms with Gasteiger partial charge in [0.25, 0.3) is 5.91 Å². The lowest BCUT2D eigenvalue weighted by molar-refractivity contribution is -0.137. The van der Waals surface area contributed by atoms with E-state index in [2.05, 4.69) is 21.2 Å². The topological polar surface area (TPSA) is 67.9 Å². The van der Waals surface area contributed by atoms with Crippen LogP contribution in [0, 0.1) is 5.92 Å². The van der Waals surface area contributed by atoms with Crippen molar-refractivity contribution in [3.05, 3.63) is 64.1 Å². The number of nitrogens with zero attached hydrogens (tertiary/aromatic N) is 1. The predicted molar refractivity (Wildman–Crippen MR) is 142 cm³/mol. The largest absolute Gasteiger partial charge is 0.496 e. The molecule has 4 rings (SSSR count). The Morgan fingerprint density at radius 1 is 1.18 bits per heavy atom. The minimum atomic E-state index is -4.63. The number of halogens is 4. The summed E-state index contributed by atoms with van der Waals surface area (Å²) in [6.07, 6.45) is -4.90.